The SMILES string of the molecule is N[C@@H](C(=O)O)c1ccc(Cl)c(I)c1. The largest absolute Gasteiger partial charge is 0.480 e. The fourth-order valence-corrected chi connectivity index (χ4v) is 1.51. The summed E-state index contributed by atoms with van der Waals surface area (Å²) in [6.45, 7) is 0. The molecule has 1 atom stereocenters. The van der Waals surface area contributed by atoms with Gasteiger partial charge in [-0.25, -0.2) is 0 Å². The summed E-state index contributed by atoms with van der Waals surface area (Å²) in [5.74, 6) is -1.04. The number of nitrogens with two attached hydrogens (primary N) is 1. The van der Waals surface area contributed by atoms with E-state index in [1.54, 1.807) is 18.2 Å². The molecule has 0 radical (unpaired) electrons. The first-order valence-electron chi connectivity index (χ1n) is 3.45. The lowest BCUT2D eigenvalue weighted by atomic mass is 10.1. The Hall–Kier alpha value is -0.330. The minimum absolute atomic E-state index is 0.557. The number of halogens is 2. The third-order valence-electron chi connectivity index (χ3n) is 1.57. The molecule has 0 amide bonds. The Morgan fingerprint density at radius 3 is 2.69 bits per heavy atom. The predicted octanol–water partition coefficient (Wildman–Crippen LogP) is 2.03. The van der Waals surface area contributed by atoms with Gasteiger partial charge in [0.05, 0.1) is 5.02 Å². The van der Waals surface area contributed by atoms with Gasteiger partial charge in [-0.05, 0) is 40.3 Å². The van der Waals surface area contributed by atoms with Crippen molar-refractivity contribution in [2.75, 3.05) is 0 Å². The molecule has 13 heavy (non-hydrogen) atoms. The maximum atomic E-state index is 10.5. The molecular weight excluding hydrogens is 304 g/mol. The Balaban J connectivity index is 3.03. The quantitative estimate of drug-likeness (QED) is 0.822. The van der Waals surface area contributed by atoms with Gasteiger partial charge in [-0.3, -0.25) is 4.79 Å². The van der Waals surface area contributed by atoms with E-state index in [1.165, 1.54) is 0 Å². The van der Waals surface area contributed by atoms with E-state index in [1.807, 2.05) is 22.6 Å². The first kappa shape index (κ1) is 10.7. The number of carboxylic acid groups (broad SMARTS) is 1. The molecule has 3 nitrogen and oxygen atoms in total. The van der Waals surface area contributed by atoms with Gasteiger partial charge >= 0.3 is 5.97 Å². The van der Waals surface area contributed by atoms with Crippen molar-refractivity contribution in [2.45, 2.75) is 6.04 Å². The molecule has 1 aromatic carbocycles. The fraction of sp³-hybridized carbons (Fsp3) is 0.125. The van der Waals surface area contributed by atoms with Crippen molar-refractivity contribution in [2.24, 2.45) is 5.73 Å². The zero-order valence-corrected chi connectivity index (χ0v) is 9.41. The van der Waals surface area contributed by atoms with E-state index in [0.29, 0.717) is 10.6 Å². The van der Waals surface area contributed by atoms with E-state index in [4.69, 9.17) is 22.4 Å². The number of carbonyl (C=O) groups is 1. The maximum absolute atomic E-state index is 10.5. The first-order valence-corrected chi connectivity index (χ1v) is 4.91. The Kier molecular flexibility index (Phi) is 3.52. The summed E-state index contributed by atoms with van der Waals surface area (Å²) in [5, 5.41) is 9.23. The molecule has 1 aromatic rings. The van der Waals surface area contributed by atoms with Gasteiger partial charge in [0.15, 0.2) is 0 Å². The van der Waals surface area contributed by atoms with Crippen molar-refractivity contribution in [3.63, 3.8) is 0 Å². The minimum atomic E-state index is -1.04. The number of hydrogen-bond acceptors (Lipinski definition) is 2. The molecule has 3 N–H and O–H groups in total. The highest BCUT2D eigenvalue weighted by atomic mass is 127. The zero-order valence-electron chi connectivity index (χ0n) is 6.50. The molecule has 0 aromatic heterocycles. The topological polar surface area (TPSA) is 63.3 Å². The second-order valence-corrected chi connectivity index (χ2v) is 4.06. The summed E-state index contributed by atoms with van der Waals surface area (Å²) in [4.78, 5) is 10.5. The van der Waals surface area contributed by atoms with Crippen molar-refractivity contribution in [1.29, 1.82) is 0 Å². The van der Waals surface area contributed by atoms with E-state index in [2.05, 4.69) is 0 Å². The first-order chi connectivity index (χ1) is 6.02. The summed E-state index contributed by atoms with van der Waals surface area (Å²) in [6.07, 6.45) is 0. The molecule has 0 fully saturated rings. The van der Waals surface area contributed by atoms with Crippen LogP contribution < -0.4 is 5.73 Å². The van der Waals surface area contributed by atoms with Crippen molar-refractivity contribution in [3.8, 4) is 0 Å². The third kappa shape index (κ3) is 2.55. The lowest BCUT2D eigenvalue weighted by Crippen LogP contribution is -2.20. The van der Waals surface area contributed by atoms with Crippen molar-refractivity contribution in [3.05, 3.63) is 32.4 Å². The molecule has 0 aliphatic heterocycles. The van der Waals surface area contributed by atoms with E-state index in [9.17, 15) is 4.79 Å². The Labute approximate surface area is 94.0 Å². The highest BCUT2D eigenvalue weighted by Gasteiger charge is 2.14. The minimum Gasteiger partial charge on any atom is -0.480 e. The van der Waals surface area contributed by atoms with Crippen LogP contribution in [0.4, 0.5) is 0 Å². The van der Waals surface area contributed by atoms with Crippen LogP contribution in [0.15, 0.2) is 18.2 Å². The highest BCUT2D eigenvalue weighted by molar-refractivity contribution is 14.1. The van der Waals surface area contributed by atoms with E-state index in [0.717, 1.165) is 3.57 Å². The normalized spacial score (nSPS) is 12.5. The van der Waals surface area contributed by atoms with Crippen molar-refractivity contribution >= 4 is 40.2 Å². The maximum Gasteiger partial charge on any atom is 0.325 e. The van der Waals surface area contributed by atoms with Crippen LogP contribution in [0.5, 0.6) is 0 Å². The van der Waals surface area contributed by atoms with Crippen LogP contribution in [0.3, 0.4) is 0 Å². The number of benzene rings is 1. The zero-order chi connectivity index (χ0) is 10.0. The summed E-state index contributed by atoms with van der Waals surface area (Å²) in [6, 6.07) is 3.94. The summed E-state index contributed by atoms with van der Waals surface area (Å²) in [7, 11) is 0. The second-order valence-electron chi connectivity index (χ2n) is 2.49. The highest BCUT2D eigenvalue weighted by Crippen LogP contribution is 2.22. The van der Waals surface area contributed by atoms with Crippen LogP contribution in [0.1, 0.15) is 11.6 Å². The number of rotatable bonds is 2. The molecule has 0 bridgehead atoms. The van der Waals surface area contributed by atoms with Crippen molar-refractivity contribution in [1.82, 2.24) is 0 Å². The second kappa shape index (κ2) is 4.26. The molecular formula is C8H7ClINO2. The summed E-state index contributed by atoms with van der Waals surface area (Å²) >= 11 is 7.80. The lowest BCUT2D eigenvalue weighted by Gasteiger charge is -2.07. The molecule has 0 saturated carbocycles. The molecule has 70 valence electrons. The molecule has 0 saturated heterocycles. The van der Waals surface area contributed by atoms with Gasteiger partial charge in [0.25, 0.3) is 0 Å². The molecule has 0 aliphatic carbocycles. The van der Waals surface area contributed by atoms with E-state index >= 15 is 0 Å². The van der Waals surface area contributed by atoms with Crippen LogP contribution in [0, 0.1) is 3.57 Å². The number of carboxylic acids is 1. The van der Waals surface area contributed by atoms with Crippen molar-refractivity contribution < 1.29 is 9.90 Å². The molecule has 0 unspecified atom stereocenters. The van der Waals surface area contributed by atoms with Gasteiger partial charge in [0, 0.05) is 3.57 Å². The van der Waals surface area contributed by atoms with Gasteiger partial charge in [-0.15, -0.1) is 0 Å². The van der Waals surface area contributed by atoms with Crippen LogP contribution in [0.2, 0.25) is 5.02 Å². The van der Waals surface area contributed by atoms with E-state index < -0.39 is 12.0 Å². The van der Waals surface area contributed by atoms with Crippen LogP contribution in [-0.2, 0) is 4.79 Å². The monoisotopic (exact) mass is 311 g/mol. The van der Waals surface area contributed by atoms with Gasteiger partial charge in [0.2, 0.25) is 0 Å². The average molecular weight is 312 g/mol. The third-order valence-corrected chi connectivity index (χ3v) is 3.11. The molecule has 1 rings (SSSR count). The predicted molar refractivity (Wildman–Crippen MR) is 58.7 cm³/mol. The fourth-order valence-electron chi connectivity index (χ4n) is 0.848. The lowest BCUT2D eigenvalue weighted by molar-refractivity contribution is -0.138. The van der Waals surface area contributed by atoms with Gasteiger partial charge in [0.1, 0.15) is 6.04 Å². The number of hydrogen-bond donors (Lipinski definition) is 2. The smallest absolute Gasteiger partial charge is 0.325 e. The molecule has 0 heterocycles. The number of aliphatic carboxylic acids is 1. The summed E-state index contributed by atoms with van der Waals surface area (Å²) < 4.78 is 0.800. The Morgan fingerprint density at radius 1 is 1.62 bits per heavy atom. The molecule has 5 heteroatoms. The van der Waals surface area contributed by atoms with Crippen LogP contribution in [-0.4, -0.2) is 11.1 Å². The van der Waals surface area contributed by atoms with E-state index in [-0.39, 0.29) is 0 Å². The van der Waals surface area contributed by atoms with Crippen LogP contribution >= 0.6 is 34.2 Å². The van der Waals surface area contributed by atoms with Gasteiger partial charge < -0.3 is 10.8 Å². The van der Waals surface area contributed by atoms with Gasteiger partial charge in [-0.2, -0.15) is 0 Å². The summed E-state index contributed by atoms with van der Waals surface area (Å²) in [5.41, 5.74) is 5.97. The standard InChI is InChI=1S/C8H7ClINO2/c9-5-2-1-4(3-6(5)10)7(11)8(12)13/h1-3,7H,11H2,(H,12,13)/t7-/m1/s1. The average Bonchev–Trinajstić information content (AvgIpc) is 2.08. The Morgan fingerprint density at radius 2 is 2.23 bits per heavy atom. The molecule has 0 aliphatic rings. The molecule has 0 spiro atoms. The van der Waals surface area contributed by atoms with Gasteiger partial charge in [-0.1, -0.05) is 17.7 Å². The van der Waals surface area contributed by atoms with Crippen LogP contribution in [0.25, 0.3) is 0 Å². The Bertz CT molecular complexity index is 343.